The summed E-state index contributed by atoms with van der Waals surface area (Å²) in [6, 6.07) is 15.1. The molecule has 1 N–H and O–H groups in total. The lowest BCUT2D eigenvalue weighted by Crippen LogP contribution is -2.39. The van der Waals surface area contributed by atoms with Gasteiger partial charge in [-0.05, 0) is 41.8 Å². The Morgan fingerprint density at radius 3 is 2.75 bits per heavy atom. The summed E-state index contributed by atoms with van der Waals surface area (Å²) in [6.45, 7) is 3.31. The van der Waals surface area contributed by atoms with Gasteiger partial charge in [-0.2, -0.15) is 0 Å². The number of carbonyl (C=O) groups is 1. The molecule has 0 bridgehead atoms. The molecule has 1 aliphatic heterocycles. The zero-order valence-electron chi connectivity index (χ0n) is 18.0. The number of ether oxygens (including phenoxy) is 1. The van der Waals surface area contributed by atoms with Crippen LogP contribution < -0.4 is 0 Å². The second kappa shape index (κ2) is 12.2. The Balaban J connectivity index is 1.60. The first-order chi connectivity index (χ1) is 15.4. The van der Waals surface area contributed by atoms with Crippen LogP contribution in [0.2, 0.25) is 10.0 Å². The van der Waals surface area contributed by atoms with Gasteiger partial charge in [-0.25, -0.2) is 0 Å². The van der Waals surface area contributed by atoms with Gasteiger partial charge < -0.3 is 14.7 Å². The summed E-state index contributed by atoms with van der Waals surface area (Å²) >= 11 is 12.1. The maximum Gasteiger partial charge on any atom is 0.305 e. The second-order valence-corrected chi connectivity index (χ2v) is 8.76. The summed E-state index contributed by atoms with van der Waals surface area (Å²) in [5.74, 6) is -0.298. The summed E-state index contributed by atoms with van der Waals surface area (Å²) in [5, 5.41) is 16.0. The highest BCUT2D eigenvalue weighted by Gasteiger charge is 2.26. The Morgan fingerprint density at radius 2 is 2.03 bits per heavy atom. The molecule has 0 spiro atoms. The van der Waals surface area contributed by atoms with E-state index in [4.69, 9.17) is 32.8 Å². The van der Waals surface area contributed by atoms with Crippen LogP contribution in [-0.4, -0.2) is 53.6 Å². The lowest BCUT2D eigenvalue weighted by atomic mass is 10.0. The normalized spacial score (nSPS) is 16.5. The van der Waals surface area contributed by atoms with E-state index in [0.717, 1.165) is 16.8 Å². The van der Waals surface area contributed by atoms with Crippen LogP contribution in [0.5, 0.6) is 0 Å². The number of hydrogen-bond acceptors (Lipinski definition) is 6. The van der Waals surface area contributed by atoms with Crippen LogP contribution in [0.1, 0.15) is 37.3 Å². The van der Waals surface area contributed by atoms with E-state index in [1.807, 2.05) is 55.5 Å². The van der Waals surface area contributed by atoms with E-state index < -0.39 is 6.10 Å². The molecule has 1 heterocycles. The standard InChI is InChI=1S/C24H28Cl2N2O4/c1-2-4-24(30)31-16-21(29)14-28(13-17-5-3-6-20(26)11-17)15-22-12-23(27-32-22)18-7-9-19(25)10-8-18/h3,5-11,21-22,29H,2,4,12-16H2,1H3/t21-,22-/m0/s1. The second-order valence-electron chi connectivity index (χ2n) is 7.89. The minimum atomic E-state index is -0.812. The van der Waals surface area contributed by atoms with Gasteiger partial charge in [0.2, 0.25) is 0 Å². The molecule has 0 fully saturated rings. The van der Waals surface area contributed by atoms with Crippen molar-refractivity contribution in [1.29, 1.82) is 0 Å². The molecule has 0 radical (unpaired) electrons. The number of oxime groups is 1. The summed E-state index contributed by atoms with van der Waals surface area (Å²) in [7, 11) is 0. The van der Waals surface area contributed by atoms with Crippen LogP contribution in [0.15, 0.2) is 53.7 Å². The quantitative estimate of drug-likeness (QED) is 0.474. The molecular weight excluding hydrogens is 451 g/mol. The zero-order chi connectivity index (χ0) is 22.9. The highest BCUT2D eigenvalue weighted by Crippen LogP contribution is 2.21. The smallest absolute Gasteiger partial charge is 0.305 e. The minimum Gasteiger partial charge on any atom is -0.463 e. The fourth-order valence-electron chi connectivity index (χ4n) is 3.54. The number of aliphatic hydroxyl groups is 1. The molecule has 0 saturated heterocycles. The fraction of sp³-hybridized carbons (Fsp3) is 0.417. The molecule has 3 rings (SSSR count). The number of aliphatic hydroxyl groups excluding tert-OH is 1. The SMILES string of the molecule is CCCC(=O)OC[C@@H](O)CN(Cc1cccc(Cl)c1)C[C@@H]1CC(c2ccc(Cl)cc2)=NO1. The monoisotopic (exact) mass is 478 g/mol. The highest BCUT2D eigenvalue weighted by molar-refractivity contribution is 6.31. The maximum atomic E-state index is 11.6. The summed E-state index contributed by atoms with van der Waals surface area (Å²) in [4.78, 5) is 19.4. The van der Waals surface area contributed by atoms with Gasteiger partial charge in [-0.3, -0.25) is 9.69 Å². The van der Waals surface area contributed by atoms with Crippen LogP contribution in [-0.2, 0) is 20.9 Å². The van der Waals surface area contributed by atoms with Crippen LogP contribution in [0, 0.1) is 0 Å². The number of nitrogens with zero attached hydrogens (tertiary/aromatic N) is 2. The molecule has 6 nitrogen and oxygen atoms in total. The number of carbonyl (C=O) groups excluding carboxylic acids is 1. The molecule has 0 amide bonds. The van der Waals surface area contributed by atoms with Gasteiger partial charge in [0.15, 0.2) is 0 Å². The molecular formula is C24H28Cl2N2O4. The molecule has 32 heavy (non-hydrogen) atoms. The van der Waals surface area contributed by atoms with Gasteiger partial charge in [0.05, 0.1) is 5.71 Å². The third-order valence-electron chi connectivity index (χ3n) is 5.03. The maximum absolute atomic E-state index is 11.6. The fourth-order valence-corrected chi connectivity index (χ4v) is 3.88. The van der Waals surface area contributed by atoms with Crippen LogP contribution >= 0.6 is 23.2 Å². The molecule has 1 aliphatic rings. The summed E-state index contributed by atoms with van der Waals surface area (Å²) in [6.07, 6.45) is 0.738. The van der Waals surface area contributed by atoms with Gasteiger partial charge in [-0.15, -0.1) is 0 Å². The average molecular weight is 479 g/mol. The van der Waals surface area contributed by atoms with E-state index in [1.165, 1.54) is 0 Å². The van der Waals surface area contributed by atoms with Crippen LogP contribution in [0.25, 0.3) is 0 Å². The van der Waals surface area contributed by atoms with Crippen molar-refractivity contribution in [3.8, 4) is 0 Å². The van der Waals surface area contributed by atoms with Crippen LogP contribution in [0.3, 0.4) is 0 Å². The predicted octanol–water partition coefficient (Wildman–Crippen LogP) is 4.69. The predicted molar refractivity (Wildman–Crippen MR) is 126 cm³/mol. The van der Waals surface area contributed by atoms with Gasteiger partial charge >= 0.3 is 5.97 Å². The number of rotatable bonds is 11. The zero-order valence-corrected chi connectivity index (χ0v) is 19.6. The van der Waals surface area contributed by atoms with Crippen molar-refractivity contribution in [1.82, 2.24) is 4.90 Å². The van der Waals surface area contributed by atoms with Gasteiger partial charge in [0, 0.05) is 42.5 Å². The molecule has 2 aromatic rings. The average Bonchev–Trinajstić information content (AvgIpc) is 3.21. The Hall–Kier alpha value is -2.12. The Kier molecular flexibility index (Phi) is 9.36. The largest absolute Gasteiger partial charge is 0.463 e. The minimum absolute atomic E-state index is 0.0388. The van der Waals surface area contributed by atoms with Gasteiger partial charge in [0.25, 0.3) is 0 Å². The highest BCUT2D eigenvalue weighted by atomic mass is 35.5. The first-order valence-electron chi connectivity index (χ1n) is 10.7. The lowest BCUT2D eigenvalue weighted by molar-refractivity contribution is -0.147. The Morgan fingerprint density at radius 1 is 1.25 bits per heavy atom. The third kappa shape index (κ3) is 7.78. The summed E-state index contributed by atoms with van der Waals surface area (Å²) < 4.78 is 5.17. The Bertz CT molecular complexity index is 920. The Labute approximate surface area is 198 Å². The van der Waals surface area contributed by atoms with E-state index in [0.29, 0.717) is 48.9 Å². The van der Waals surface area contributed by atoms with Crippen molar-refractivity contribution in [2.75, 3.05) is 19.7 Å². The van der Waals surface area contributed by atoms with Crippen molar-refractivity contribution in [2.24, 2.45) is 5.16 Å². The van der Waals surface area contributed by atoms with E-state index in [-0.39, 0.29) is 18.7 Å². The molecule has 0 saturated carbocycles. The third-order valence-corrected chi connectivity index (χ3v) is 5.51. The van der Waals surface area contributed by atoms with Crippen molar-refractivity contribution in [2.45, 2.75) is 44.9 Å². The molecule has 172 valence electrons. The van der Waals surface area contributed by atoms with E-state index in [2.05, 4.69) is 10.1 Å². The van der Waals surface area contributed by atoms with Crippen LogP contribution in [0.4, 0.5) is 0 Å². The van der Waals surface area contributed by atoms with E-state index in [9.17, 15) is 9.90 Å². The molecule has 8 heteroatoms. The molecule has 2 atom stereocenters. The van der Waals surface area contributed by atoms with Crippen molar-refractivity contribution < 1.29 is 19.5 Å². The molecule has 0 aromatic heterocycles. The van der Waals surface area contributed by atoms with Crippen molar-refractivity contribution >= 4 is 34.9 Å². The van der Waals surface area contributed by atoms with Crippen molar-refractivity contribution in [3.05, 3.63) is 69.7 Å². The van der Waals surface area contributed by atoms with Crippen molar-refractivity contribution in [3.63, 3.8) is 0 Å². The topological polar surface area (TPSA) is 71.4 Å². The number of hydrogen-bond donors (Lipinski definition) is 1. The molecule has 0 unspecified atom stereocenters. The lowest BCUT2D eigenvalue weighted by Gasteiger charge is -2.27. The van der Waals surface area contributed by atoms with Gasteiger partial charge in [0.1, 0.15) is 18.8 Å². The summed E-state index contributed by atoms with van der Waals surface area (Å²) in [5.41, 5.74) is 2.86. The molecule has 2 aromatic carbocycles. The van der Waals surface area contributed by atoms with E-state index >= 15 is 0 Å². The molecule has 0 aliphatic carbocycles. The van der Waals surface area contributed by atoms with Gasteiger partial charge in [-0.1, -0.05) is 59.5 Å². The first kappa shape index (κ1) is 24.5. The first-order valence-corrected chi connectivity index (χ1v) is 11.5. The van der Waals surface area contributed by atoms with E-state index in [1.54, 1.807) is 0 Å². The number of esters is 1. The number of halogens is 2. The number of benzene rings is 2.